The molecule has 0 aliphatic rings. The van der Waals surface area contributed by atoms with E-state index in [1.54, 1.807) is 0 Å². The van der Waals surface area contributed by atoms with Gasteiger partial charge in [-0.15, -0.1) is 0 Å². The van der Waals surface area contributed by atoms with Gasteiger partial charge in [0.2, 0.25) is 0 Å². The Morgan fingerprint density at radius 2 is 0.921 bits per heavy atom. The number of rotatable bonds is 25. The standard InChI is InChI=1S/C25H52O4.H4O7P2/c1-3-5-7-9-11-13-15-17-19-24(25(21-26,22-27)23-28)29-20-18-16-14-12-10-8-6-4-2;1-8(2,3)7-9(4,5)6/h24,26-28H,3-23H2,1-2H3;(H2,1,2,3)(H2,4,5,6). The maximum absolute atomic E-state index is 9.81. The first-order valence-corrected chi connectivity index (χ1v) is 17.2. The number of ether oxygens (including phenoxy) is 1. The van der Waals surface area contributed by atoms with E-state index in [0.717, 1.165) is 25.7 Å². The van der Waals surface area contributed by atoms with Crippen LogP contribution < -0.4 is 0 Å². The fraction of sp³-hybridized carbons (Fsp3) is 1.00. The van der Waals surface area contributed by atoms with Crippen LogP contribution in [-0.4, -0.2) is 67.4 Å². The number of aliphatic hydroxyl groups is 3. The molecule has 0 aromatic rings. The first-order valence-electron chi connectivity index (χ1n) is 14.2. The average molecular weight is 595 g/mol. The van der Waals surface area contributed by atoms with Gasteiger partial charge in [-0.1, -0.05) is 110 Å². The van der Waals surface area contributed by atoms with E-state index in [1.807, 2.05) is 0 Å². The number of hydrogen-bond acceptors (Lipinski definition) is 7. The van der Waals surface area contributed by atoms with Gasteiger partial charge < -0.3 is 39.6 Å². The molecule has 1 atom stereocenters. The third-order valence-corrected chi connectivity index (χ3v) is 8.18. The highest BCUT2D eigenvalue weighted by atomic mass is 31.3. The summed E-state index contributed by atoms with van der Waals surface area (Å²) < 4.78 is 28.3. The van der Waals surface area contributed by atoms with Crippen molar-refractivity contribution >= 4 is 15.6 Å². The van der Waals surface area contributed by atoms with E-state index in [-0.39, 0.29) is 25.9 Å². The van der Waals surface area contributed by atoms with Crippen molar-refractivity contribution in [3.63, 3.8) is 0 Å². The van der Waals surface area contributed by atoms with E-state index in [0.29, 0.717) is 6.61 Å². The first kappa shape index (κ1) is 40.2. The third-order valence-electron chi connectivity index (χ3n) is 6.48. The molecule has 0 bridgehead atoms. The topological polar surface area (TPSA) is 194 Å². The molecule has 7 N–H and O–H groups in total. The molecular formula is C25H56O11P2. The Hall–Kier alpha value is 0.100. The molecule has 0 amide bonds. The lowest BCUT2D eigenvalue weighted by Crippen LogP contribution is -2.46. The summed E-state index contributed by atoms with van der Waals surface area (Å²) in [6.45, 7) is 4.42. The lowest BCUT2D eigenvalue weighted by molar-refractivity contribution is -0.117. The minimum absolute atomic E-state index is 0.237. The highest BCUT2D eigenvalue weighted by Gasteiger charge is 2.38. The predicted molar refractivity (Wildman–Crippen MR) is 148 cm³/mol. The molecule has 0 saturated carbocycles. The summed E-state index contributed by atoms with van der Waals surface area (Å²) in [6.07, 6.45) is 20.5. The van der Waals surface area contributed by atoms with Gasteiger partial charge in [-0.25, -0.2) is 9.13 Å². The number of phosphoric acid groups is 2. The number of aliphatic hydroxyl groups excluding tert-OH is 3. The SMILES string of the molecule is CCCCCCCCCCOC(CCCCCCCCCC)C(CO)(CO)CO.O=P(O)(O)OP(=O)(O)O. The Bertz CT molecular complexity index is 578. The second-order valence-corrected chi connectivity index (χ2v) is 12.6. The molecule has 0 spiro atoms. The lowest BCUT2D eigenvalue weighted by Gasteiger charge is -2.36. The maximum atomic E-state index is 9.81. The van der Waals surface area contributed by atoms with Crippen LogP contribution in [0.2, 0.25) is 0 Å². The molecule has 232 valence electrons. The molecule has 0 fully saturated rings. The van der Waals surface area contributed by atoms with Crippen LogP contribution in [0, 0.1) is 5.41 Å². The molecule has 0 heterocycles. The summed E-state index contributed by atoms with van der Waals surface area (Å²) in [4.78, 5) is 31.0. The van der Waals surface area contributed by atoms with Crippen molar-refractivity contribution in [3.05, 3.63) is 0 Å². The summed E-state index contributed by atoms with van der Waals surface area (Å²) in [6, 6.07) is 0. The van der Waals surface area contributed by atoms with Gasteiger partial charge in [-0.05, 0) is 12.8 Å². The minimum Gasteiger partial charge on any atom is -0.396 e. The van der Waals surface area contributed by atoms with Crippen LogP contribution in [0.15, 0.2) is 0 Å². The van der Waals surface area contributed by atoms with Crippen LogP contribution in [0.25, 0.3) is 0 Å². The Morgan fingerprint density at radius 3 is 1.24 bits per heavy atom. The van der Waals surface area contributed by atoms with Crippen molar-refractivity contribution in [2.24, 2.45) is 5.41 Å². The zero-order chi connectivity index (χ0) is 29.3. The van der Waals surface area contributed by atoms with E-state index in [1.165, 1.54) is 83.5 Å². The van der Waals surface area contributed by atoms with Gasteiger partial charge in [0.25, 0.3) is 0 Å². The van der Waals surface area contributed by atoms with Gasteiger partial charge in [-0.3, -0.25) is 0 Å². The van der Waals surface area contributed by atoms with E-state index in [9.17, 15) is 24.4 Å². The van der Waals surface area contributed by atoms with Crippen molar-refractivity contribution in [3.8, 4) is 0 Å². The van der Waals surface area contributed by atoms with Crippen molar-refractivity contribution in [2.45, 2.75) is 129 Å². The number of unbranched alkanes of at least 4 members (excludes halogenated alkanes) is 14. The zero-order valence-electron chi connectivity index (χ0n) is 23.6. The van der Waals surface area contributed by atoms with Crippen molar-refractivity contribution in [2.75, 3.05) is 26.4 Å². The quantitative estimate of drug-likeness (QED) is 0.0543. The molecule has 0 aromatic heterocycles. The van der Waals surface area contributed by atoms with E-state index in [2.05, 4.69) is 18.2 Å². The molecule has 0 aliphatic carbocycles. The van der Waals surface area contributed by atoms with Gasteiger partial charge in [0, 0.05) is 6.61 Å². The average Bonchev–Trinajstić information content (AvgIpc) is 2.83. The predicted octanol–water partition coefficient (Wildman–Crippen LogP) is 5.19. The minimum atomic E-state index is -5.05. The van der Waals surface area contributed by atoms with Crippen LogP contribution in [0.5, 0.6) is 0 Å². The lowest BCUT2D eigenvalue weighted by atomic mass is 9.81. The van der Waals surface area contributed by atoms with Crippen molar-refractivity contribution < 1.29 is 53.1 Å². The first-order chi connectivity index (χ1) is 17.9. The highest BCUT2D eigenvalue weighted by Crippen LogP contribution is 2.53. The summed E-state index contributed by atoms with van der Waals surface area (Å²) >= 11 is 0. The number of hydrogen-bond donors (Lipinski definition) is 7. The van der Waals surface area contributed by atoms with E-state index < -0.39 is 21.1 Å². The van der Waals surface area contributed by atoms with Crippen LogP contribution in [0.4, 0.5) is 0 Å². The molecule has 11 nitrogen and oxygen atoms in total. The van der Waals surface area contributed by atoms with Crippen molar-refractivity contribution in [1.82, 2.24) is 0 Å². The zero-order valence-corrected chi connectivity index (χ0v) is 25.4. The Morgan fingerprint density at radius 1 is 0.579 bits per heavy atom. The largest absolute Gasteiger partial charge is 0.478 e. The maximum Gasteiger partial charge on any atom is 0.478 e. The van der Waals surface area contributed by atoms with Crippen LogP contribution in [-0.2, 0) is 18.2 Å². The van der Waals surface area contributed by atoms with Crippen LogP contribution in [0.1, 0.15) is 123 Å². The molecule has 38 heavy (non-hydrogen) atoms. The van der Waals surface area contributed by atoms with E-state index in [4.69, 9.17) is 24.3 Å². The van der Waals surface area contributed by atoms with Gasteiger partial charge in [0.1, 0.15) is 0 Å². The van der Waals surface area contributed by atoms with E-state index >= 15 is 0 Å². The fourth-order valence-electron chi connectivity index (χ4n) is 4.09. The normalized spacial score (nSPS) is 13.3. The third kappa shape index (κ3) is 25.1. The summed E-state index contributed by atoms with van der Waals surface area (Å²) in [5, 5.41) is 29.4. The molecular weight excluding hydrogens is 538 g/mol. The summed E-state index contributed by atoms with van der Waals surface area (Å²) in [5.74, 6) is 0. The smallest absolute Gasteiger partial charge is 0.396 e. The second kappa shape index (κ2) is 24.9. The molecule has 0 aromatic carbocycles. The molecule has 13 heteroatoms. The molecule has 1 unspecified atom stereocenters. The Kier molecular flexibility index (Phi) is 26.3. The fourth-order valence-corrected chi connectivity index (χ4v) is 5.19. The Balaban J connectivity index is 0. The molecule has 0 saturated heterocycles. The summed E-state index contributed by atoms with van der Waals surface area (Å²) in [7, 11) is -10.1. The molecule has 0 rings (SSSR count). The van der Waals surface area contributed by atoms with Crippen LogP contribution in [0.3, 0.4) is 0 Å². The molecule has 0 aliphatic heterocycles. The monoisotopic (exact) mass is 594 g/mol. The second-order valence-electron chi connectivity index (χ2n) is 10.00. The summed E-state index contributed by atoms with van der Waals surface area (Å²) in [5.41, 5.74) is -0.929. The van der Waals surface area contributed by atoms with Crippen LogP contribution >= 0.6 is 15.6 Å². The Labute approximate surface area is 229 Å². The highest BCUT2D eigenvalue weighted by molar-refractivity contribution is 7.60. The van der Waals surface area contributed by atoms with Gasteiger partial charge >= 0.3 is 15.6 Å². The van der Waals surface area contributed by atoms with Crippen molar-refractivity contribution in [1.29, 1.82) is 0 Å². The van der Waals surface area contributed by atoms with Gasteiger partial charge in [0.05, 0.1) is 31.3 Å². The van der Waals surface area contributed by atoms with Gasteiger partial charge in [0.15, 0.2) is 0 Å². The van der Waals surface area contributed by atoms with Gasteiger partial charge in [-0.2, -0.15) is 4.31 Å². The molecule has 0 radical (unpaired) electrons.